The van der Waals surface area contributed by atoms with Crippen LogP contribution in [-0.2, 0) is 17.6 Å². The van der Waals surface area contributed by atoms with E-state index in [9.17, 15) is 9.59 Å². The molecule has 5 heteroatoms. The van der Waals surface area contributed by atoms with E-state index in [2.05, 4.69) is 27.6 Å². The predicted octanol–water partition coefficient (Wildman–Crippen LogP) is 0.928. The van der Waals surface area contributed by atoms with Crippen molar-refractivity contribution in [1.29, 1.82) is 0 Å². The van der Waals surface area contributed by atoms with E-state index in [0.29, 0.717) is 0 Å². The summed E-state index contributed by atoms with van der Waals surface area (Å²) in [5.41, 5.74) is 3.73. The molecule has 0 atom stereocenters. The standard InChI is InChI=1S/C12H13N3O2/c1-2-5-10(16)14-12-13-9-7-4-3-6-8(9)11(17)15-12/h5H,1,3-4,6-7H2,(H2,13,14,15,16,17). The summed E-state index contributed by atoms with van der Waals surface area (Å²) in [4.78, 5) is 29.8. The first kappa shape index (κ1) is 11.4. The van der Waals surface area contributed by atoms with Crippen LogP contribution in [0, 0.1) is 0 Å². The zero-order valence-electron chi connectivity index (χ0n) is 9.38. The lowest BCUT2D eigenvalue weighted by atomic mass is 9.97. The topological polar surface area (TPSA) is 74.8 Å². The van der Waals surface area contributed by atoms with Gasteiger partial charge in [-0.15, -0.1) is 5.73 Å². The Labute approximate surface area is 98.3 Å². The number of aromatic nitrogens is 2. The fourth-order valence-electron chi connectivity index (χ4n) is 1.91. The maximum atomic E-state index is 11.7. The van der Waals surface area contributed by atoms with Gasteiger partial charge in [-0.25, -0.2) is 4.98 Å². The summed E-state index contributed by atoms with van der Waals surface area (Å²) in [7, 11) is 0. The monoisotopic (exact) mass is 231 g/mol. The smallest absolute Gasteiger partial charge is 0.258 e. The van der Waals surface area contributed by atoms with Gasteiger partial charge in [0.15, 0.2) is 0 Å². The highest BCUT2D eigenvalue weighted by Crippen LogP contribution is 2.16. The van der Waals surface area contributed by atoms with E-state index < -0.39 is 5.91 Å². The van der Waals surface area contributed by atoms with Crippen LogP contribution < -0.4 is 10.9 Å². The number of carbonyl (C=O) groups excluding carboxylic acids is 1. The Morgan fingerprint density at radius 2 is 2.24 bits per heavy atom. The molecule has 88 valence electrons. The highest BCUT2D eigenvalue weighted by Gasteiger charge is 2.15. The van der Waals surface area contributed by atoms with E-state index in [1.54, 1.807) is 0 Å². The first-order chi connectivity index (χ1) is 8.20. The molecule has 1 aliphatic carbocycles. The molecule has 0 aliphatic heterocycles. The number of hydrogen-bond acceptors (Lipinski definition) is 3. The van der Waals surface area contributed by atoms with Gasteiger partial charge in [-0.2, -0.15) is 0 Å². The van der Waals surface area contributed by atoms with Crippen molar-refractivity contribution < 1.29 is 4.79 Å². The quantitative estimate of drug-likeness (QED) is 0.587. The van der Waals surface area contributed by atoms with Gasteiger partial charge in [-0.05, 0) is 25.7 Å². The Bertz CT molecular complexity index is 553. The summed E-state index contributed by atoms with van der Waals surface area (Å²) in [6.45, 7) is 3.30. The van der Waals surface area contributed by atoms with Crippen LogP contribution in [0.3, 0.4) is 0 Å². The van der Waals surface area contributed by atoms with Crippen LogP contribution in [0.1, 0.15) is 24.1 Å². The minimum Gasteiger partial charge on any atom is -0.292 e. The molecule has 1 aromatic rings. The molecule has 1 amide bonds. The number of nitrogens with one attached hydrogen (secondary N) is 2. The first-order valence-electron chi connectivity index (χ1n) is 5.49. The molecule has 0 saturated carbocycles. The van der Waals surface area contributed by atoms with Crippen LogP contribution in [0.2, 0.25) is 0 Å². The molecule has 2 N–H and O–H groups in total. The number of carbonyl (C=O) groups is 1. The number of hydrogen-bond donors (Lipinski definition) is 2. The van der Waals surface area contributed by atoms with Crippen molar-refractivity contribution in [2.24, 2.45) is 0 Å². The SMILES string of the molecule is C=C=CC(=O)Nc1nc2c(c(=O)[nH]1)CCCC2. The number of rotatable bonds is 2. The Hall–Kier alpha value is -2.13. The molecule has 0 fully saturated rings. The van der Waals surface area contributed by atoms with E-state index >= 15 is 0 Å². The minimum absolute atomic E-state index is 0.160. The van der Waals surface area contributed by atoms with Gasteiger partial charge < -0.3 is 0 Å². The summed E-state index contributed by atoms with van der Waals surface area (Å²) in [6.07, 6.45) is 4.75. The molecule has 2 rings (SSSR count). The summed E-state index contributed by atoms with van der Waals surface area (Å²) in [6, 6.07) is 0. The maximum absolute atomic E-state index is 11.7. The highest BCUT2D eigenvalue weighted by molar-refractivity contribution is 5.97. The van der Waals surface area contributed by atoms with Gasteiger partial charge in [0.25, 0.3) is 11.5 Å². The minimum atomic E-state index is -0.404. The molecule has 0 saturated heterocycles. The normalized spacial score (nSPS) is 13.4. The second-order valence-electron chi connectivity index (χ2n) is 3.88. The van der Waals surface area contributed by atoms with Gasteiger partial charge in [-0.1, -0.05) is 6.58 Å². The summed E-state index contributed by atoms with van der Waals surface area (Å²) in [5.74, 6) is -0.217. The molecule has 0 bridgehead atoms. The summed E-state index contributed by atoms with van der Waals surface area (Å²) in [5, 5.41) is 2.47. The van der Waals surface area contributed by atoms with Crippen LogP contribution in [0.5, 0.6) is 0 Å². The molecular formula is C12H13N3O2. The van der Waals surface area contributed by atoms with Crippen LogP contribution >= 0.6 is 0 Å². The summed E-state index contributed by atoms with van der Waals surface area (Å²) >= 11 is 0. The Balaban J connectivity index is 2.31. The number of nitrogens with zero attached hydrogens (tertiary/aromatic N) is 1. The third kappa shape index (κ3) is 2.52. The van der Waals surface area contributed by atoms with E-state index in [4.69, 9.17) is 0 Å². The summed E-state index contributed by atoms with van der Waals surface area (Å²) < 4.78 is 0. The number of anilines is 1. The van der Waals surface area contributed by atoms with Crippen LogP contribution in [-0.4, -0.2) is 15.9 Å². The molecule has 1 heterocycles. The fraction of sp³-hybridized carbons (Fsp3) is 0.333. The van der Waals surface area contributed by atoms with Crippen molar-refractivity contribution in [1.82, 2.24) is 9.97 Å². The number of aromatic amines is 1. The Morgan fingerprint density at radius 1 is 1.47 bits per heavy atom. The van der Waals surface area contributed by atoms with Gasteiger partial charge in [0.2, 0.25) is 5.95 Å². The first-order valence-corrected chi connectivity index (χ1v) is 5.49. The largest absolute Gasteiger partial charge is 0.292 e. The van der Waals surface area contributed by atoms with Crippen molar-refractivity contribution in [2.75, 3.05) is 5.32 Å². The molecule has 0 aromatic carbocycles. The number of fused-ring (bicyclic) bond motifs is 1. The molecular weight excluding hydrogens is 218 g/mol. The van der Waals surface area contributed by atoms with E-state index in [-0.39, 0.29) is 11.5 Å². The lowest BCUT2D eigenvalue weighted by Crippen LogP contribution is -2.24. The third-order valence-corrected chi connectivity index (χ3v) is 2.67. The zero-order chi connectivity index (χ0) is 12.3. The number of aryl methyl sites for hydroxylation is 1. The lowest BCUT2D eigenvalue weighted by Gasteiger charge is -2.14. The third-order valence-electron chi connectivity index (χ3n) is 2.67. The van der Waals surface area contributed by atoms with Crippen LogP contribution in [0.25, 0.3) is 0 Å². The van der Waals surface area contributed by atoms with Crippen LogP contribution in [0.15, 0.2) is 23.2 Å². The van der Waals surface area contributed by atoms with Gasteiger partial charge >= 0.3 is 0 Å². The van der Waals surface area contributed by atoms with Gasteiger partial charge in [-0.3, -0.25) is 19.9 Å². The van der Waals surface area contributed by atoms with E-state index in [1.165, 1.54) is 0 Å². The van der Waals surface area contributed by atoms with Crippen LogP contribution in [0.4, 0.5) is 5.95 Å². The predicted molar refractivity (Wildman–Crippen MR) is 63.8 cm³/mol. The highest BCUT2D eigenvalue weighted by atomic mass is 16.2. The van der Waals surface area contributed by atoms with E-state index in [1.807, 2.05) is 0 Å². The molecule has 17 heavy (non-hydrogen) atoms. The van der Waals surface area contributed by atoms with Crippen molar-refractivity contribution in [3.63, 3.8) is 0 Å². The molecule has 0 spiro atoms. The molecule has 0 radical (unpaired) electrons. The van der Waals surface area contributed by atoms with Crippen molar-refractivity contribution >= 4 is 11.9 Å². The Morgan fingerprint density at radius 3 is 3.00 bits per heavy atom. The average molecular weight is 231 g/mol. The zero-order valence-corrected chi connectivity index (χ0v) is 9.38. The number of amides is 1. The van der Waals surface area contributed by atoms with Crippen molar-refractivity contribution in [3.05, 3.63) is 40.0 Å². The molecule has 5 nitrogen and oxygen atoms in total. The van der Waals surface area contributed by atoms with Crippen molar-refractivity contribution in [3.8, 4) is 0 Å². The molecule has 1 aromatic heterocycles. The van der Waals surface area contributed by atoms with E-state index in [0.717, 1.165) is 43.0 Å². The van der Waals surface area contributed by atoms with Crippen molar-refractivity contribution in [2.45, 2.75) is 25.7 Å². The van der Waals surface area contributed by atoms with Gasteiger partial charge in [0.05, 0.1) is 5.69 Å². The van der Waals surface area contributed by atoms with Gasteiger partial charge in [0.1, 0.15) is 0 Å². The fourth-order valence-corrected chi connectivity index (χ4v) is 1.91. The lowest BCUT2D eigenvalue weighted by molar-refractivity contribution is -0.111. The number of H-pyrrole nitrogens is 1. The maximum Gasteiger partial charge on any atom is 0.258 e. The second-order valence-corrected chi connectivity index (χ2v) is 3.88. The molecule has 0 unspecified atom stereocenters. The second kappa shape index (κ2) is 4.80. The van der Waals surface area contributed by atoms with Gasteiger partial charge in [0, 0.05) is 11.6 Å². The average Bonchev–Trinajstić information content (AvgIpc) is 2.29. The Kier molecular flexibility index (Phi) is 3.21. The molecule has 1 aliphatic rings.